The molecule has 0 aliphatic rings. The molecule has 0 spiro atoms. The number of aromatic nitrogens is 1. The molecule has 2 aromatic rings. The third kappa shape index (κ3) is 4.32. The second-order valence-corrected chi connectivity index (χ2v) is 4.45. The first kappa shape index (κ1) is 17.0. The third-order valence-corrected chi connectivity index (χ3v) is 2.82. The van der Waals surface area contributed by atoms with Crippen LogP contribution in [-0.2, 0) is 14.3 Å². The van der Waals surface area contributed by atoms with Gasteiger partial charge in [-0.2, -0.15) is 0 Å². The first-order chi connectivity index (χ1) is 11.5. The van der Waals surface area contributed by atoms with E-state index in [1.807, 2.05) is 0 Å². The van der Waals surface area contributed by atoms with Crippen molar-refractivity contribution in [2.75, 3.05) is 26.1 Å². The molecular formula is C15H14N2O7. The van der Waals surface area contributed by atoms with Crippen LogP contribution >= 0.6 is 0 Å². The summed E-state index contributed by atoms with van der Waals surface area (Å²) in [6.45, 7) is -0.363. The summed E-state index contributed by atoms with van der Waals surface area (Å²) < 4.78 is 19.1. The number of carbonyl (C=O) groups excluding carboxylic acids is 3. The molecule has 1 heterocycles. The molecule has 9 heteroatoms. The van der Waals surface area contributed by atoms with Crippen LogP contribution in [0.4, 0.5) is 5.82 Å². The largest absolute Gasteiger partial charge is 0.484 e. The monoisotopic (exact) mass is 334 g/mol. The van der Waals surface area contributed by atoms with E-state index in [0.717, 1.165) is 0 Å². The molecule has 0 saturated heterocycles. The summed E-state index contributed by atoms with van der Waals surface area (Å²) in [5.41, 5.74) is 0.180. The number of benzene rings is 1. The molecule has 0 atom stereocenters. The molecule has 0 aliphatic carbocycles. The van der Waals surface area contributed by atoms with E-state index >= 15 is 0 Å². The summed E-state index contributed by atoms with van der Waals surface area (Å²) in [4.78, 5) is 35.0. The van der Waals surface area contributed by atoms with Gasteiger partial charge in [0.2, 0.25) is 0 Å². The second kappa shape index (κ2) is 7.77. The Balaban J connectivity index is 2.11. The maximum atomic E-state index is 11.7. The fraction of sp³-hybridized carbons (Fsp3) is 0.200. The number of anilines is 1. The van der Waals surface area contributed by atoms with Crippen LogP contribution in [-0.4, -0.2) is 43.8 Å². The van der Waals surface area contributed by atoms with Crippen molar-refractivity contribution in [2.45, 2.75) is 0 Å². The van der Waals surface area contributed by atoms with Crippen molar-refractivity contribution in [3.63, 3.8) is 0 Å². The van der Waals surface area contributed by atoms with Crippen LogP contribution in [0.1, 0.15) is 20.7 Å². The molecule has 1 amide bonds. The maximum absolute atomic E-state index is 11.7. The molecule has 2 rings (SSSR count). The van der Waals surface area contributed by atoms with Crippen LogP contribution in [0.5, 0.6) is 5.75 Å². The summed E-state index contributed by atoms with van der Waals surface area (Å²) in [5.74, 6) is -1.43. The minimum absolute atomic E-state index is 0.0901. The number of carbonyl (C=O) groups is 3. The maximum Gasteiger partial charge on any atom is 0.338 e. The van der Waals surface area contributed by atoms with Crippen molar-refractivity contribution in [3.8, 4) is 5.75 Å². The summed E-state index contributed by atoms with van der Waals surface area (Å²) in [6, 6.07) is 5.47. The summed E-state index contributed by atoms with van der Waals surface area (Å²) in [6.07, 6.45) is 1.30. The first-order valence-electron chi connectivity index (χ1n) is 6.68. The Bertz CT molecular complexity index is 706. The Labute approximate surface area is 136 Å². The Hall–Kier alpha value is -3.36. The summed E-state index contributed by atoms with van der Waals surface area (Å²) in [5, 5.41) is 5.96. The number of methoxy groups -OCH3 is 2. The van der Waals surface area contributed by atoms with E-state index in [-0.39, 0.29) is 29.3 Å². The molecule has 1 aromatic carbocycles. The Morgan fingerprint density at radius 2 is 1.71 bits per heavy atom. The highest BCUT2D eigenvalue weighted by atomic mass is 16.5. The molecule has 0 aliphatic heterocycles. The fourth-order valence-electron chi connectivity index (χ4n) is 1.76. The van der Waals surface area contributed by atoms with Gasteiger partial charge < -0.3 is 24.1 Å². The van der Waals surface area contributed by atoms with Gasteiger partial charge in [-0.15, -0.1) is 0 Å². The summed E-state index contributed by atoms with van der Waals surface area (Å²) >= 11 is 0. The molecule has 24 heavy (non-hydrogen) atoms. The zero-order chi connectivity index (χ0) is 17.5. The average Bonchev–Trinajstić information content (AvgIpc) is 3.11. The highest BCUT2D eigenvalue weighted by molar-refractivity contribution is 5.96. The van der Waals surface area contributed by atoms with Crippen LogP contribution in [0.25, 0.3) is 0 Å². The topological polar surface area (TPSA) is 117 Å². The Morgan fingerprint density at radius 3 is 2.21 bits per heavy atom. The van der Waals surface area contributed by atoms with Crippen LogP contribution in [0.2, 0.25) is 0 Å². The van der Waals surface area contributed by atoms with Crippen molar-refractivity contribution in [1.29, 1.82) is 0 Å². The Kier molecular flexibility index (Phi) is 5.50. The highest BCUT2D eigenvalue weighted by Crippen LogP contribution is 2.19. The quantitative estimate of drug-likeness (QED) is 0.785. The standard InChI is InChI=1S/C15H14N2O7/c1-21-14(19)9-5-10(15(20)22-2)7-11(6-9)23-8-13(18)16-12-3-4-24-17-12/h3-7H,8H2,1-2H3,(H,16,17,18). The first-order valence-corrected chi connectivity index (χ1v) is 6.68. The van der Waals surface area contributed by atoms with Crippen LogP contribution in [0.15, 0.2) is 35.1 Å². The molecule has 0 saturated carbocycles. The van der Waals surface area contributed by atoms with Gasteiger partial charge in [0.15, 0.2) is 12.4 Å². The molecular weight excluding hydrogens is 320 g/mol. The van der Waals surface area contributed by atoms with E-state index in [4.69, 9.17) is 4.74 Å². The summed E-state index contributed by atoms with van der Waals surface area (Å²) in [7, 11) is 2.41. The molecule has 1 N–H and O–H groups in total. The lowest BCUT2D eigenvalue weighted by atomic mass is 10.1. The Morgan fingerprint density at radius 1 is 1.08 bits per heavy atom. The predicted molar refractivity (Wildman–Crippen MR) is 79.7 cm³/mol. The predicted octanol–water partition coefficient (Wildman–Crippen LogP) is 1.27. The number of nitrogens with zero attached hydrogens (tertiary/aromatic N) is 1. The van der Waals surface area contributed by atoms with Crippen molar-refractivity contribution in [1.82, 2.24) is 5.16 Å². The number of hydrogen-bond donors (Lipinski definition) is 1. The van der Waals surface area contributed by atoms with Gasteiger partial charge in [-0.25, -0.2) is 9.59 Å². The van der Waals surface area contributed by atoms with Gasteiger partial charge in [-0.1, -0.05) is 5.16 Å². The van der Waals surface area contributed by atoms with Gasteiger partial charge in [0, 0.05) is 6.07 Å². The SMILES string of the molecule is COC(=O)c1cc(OCC(=O)Nc2ccon2)cc(C(=O)OC)c1. The normalized spacial score (nSPS) is 9.92. The molecule has 126 valence electrons. The lowest BCUT2D eigenvalue weighted by Gasteiger charge is -2.09. The number of hydrogen-bond acceptors (Lipinski definition) is 8. The van der Waals surface area contributed by atoms with Crippen LogP contribution in [0, 0.1) is 0 Å². The number of rotatable bonds is 6. The van der Waals surface area contributed by atoms with E-state index in [1.54, 1.807) is 0 Å². The smallest absolute Gasteiger partial charge is 0.338 e. The van der Waals surface area contributed by atoms with E-state index in [0.29, 0.717) is 0 Å². The van der Waals surface area contributed by atoms with E-state index < -0.39 is 17.8 Å². The zero-order valence-corrected chi connectivity index (χ0v) is 12.9. The molecule has 0 radical (unpaired) electrons. The van der Waals surface area contributed by atoms with Gasteiger partial charge in [0.25, 0.3) is 5.91 Å². The zero-order valence-electron chi connectivity index (χ0n) is 12.9. The molecule has 9 nitrogen and oxygen atoms in total. The van der Waals surface area contributed by atoms with E-state index in [9.17, 15) is 14.4 Å². The average molecular weight is 334 g/mol. The minimum atomic E-state index is -0.655. The lowest BCUT2D eigenvalue weighted by molar-refractivity contribution is -0.118. The van der Waals surface area contributed by atoms with Gasteiger partial charge in [-0.05, 0) is 18.2 Å². The number of ether oxygens (including phenoxy) is 3. The van der Waals surface area contributed by atoms with Crippen molar-refractivity contribution >= 4 is 23.7 Å². The molecule has 0 fully saturated rings. The molecule has 0 unspecified atom stereocenters. The second-order valence-electron chi connectivity index (χ2n) is 4.45. The molecule has 0 bridgehead atoms. The number of nitrogens with one attached hydrogen (secondary N) is 1. The van der Waals surface area contributed by atoms with Gasteiger partial charge in [-0.3, -0.25) is 4.79 Å². The molecule has 1 aromatic heterocycles. The van der Waals surface area contributed by atoms with Gasteiger partial charge >= 0.3 is 11.9 Å². The van der Waals surface area contributed by atoms with Gasteiger partial charge in [0.05, 0.1) is 25.3 Å². The van der Waals surface area contributed by atoms with Crippen LogP contribution < -0.4 is 10.1 Å². The van der Waals surface area contributed by atoms with Crippen molar-refractivity contribution in [3.05, 3.63) is 41.7 Å². The van der Waals surface area contributed by atoms with E-state index in [1.165, 1.54) is 44.7 Å². The fourth-order valence-corrected chi connectivity index (χ4v) is 1.76. The third-order valence-electron chi connectivity index (χ3n) is 2.82. The van der Waals surface area contributed by atoms with Gasteiger partial charge in [0.1, 0.15) is 12.0 Å². The minimum Gasteiger partial charge on any atom is -0.484 e. The lowest BCUT2D eigenvalue weighted by Crippen LogP contribution is -2.20. The number of amides is 1. The highest BCUT2D eigenvalue weighted by Gasteiger charge is 2.15. The van der Waals surface area contributed by atoms with Crippen LogP contribution in [0.3, 0.4) is 0 Å². The van der Waals surface area contributed by atoms with E-state index in [2.05, 4.69) is 24.5 Å². The van der Waals surface area contributed by atoms with Crippen molar-refractivity contribution < 1.29 is 33.1 Å². The number of esters is 2. The van der Waals surface area contributed by atoms with Crippen molar-refractivity contribution in [2.24, 2.45) is 0 Å².